The molecule has 0 saturated heterocycles. The van der Waals surface area contributed by atoms with Crippen LogP contribution in [0.15, 0.2) is 30.3 Å². The molecule has 0 aliphatic rings. The molecule has 84 valence electrons. The summed E-state index contributed by atoms with van der Waals surface area (Å²) in [6.45, 7) is 0. The molecule has 0 saturated carbocycles. The zero-order chi connectivity index (χ0) is 10.4. The first-order chi connectivity index (χ1) is 6.68. The minimum atomic E-state index is -0.402. The van der Waals surface area contributed by atoms with Gasteiger partial charge in [0.25, 0.3) is 0 Å². The smallest absolute Gasteiger partial charge is 0.0906 e. The zero-order valence-electron chi connectivity index (χ0n) is 8.52. The summed E-state index contributed by atoms with van der Waals surface area (Å²) in [5.74, 6) is 0.136. The Morgan fingerprint density at radius 3 is 2.47 bits per heavy atom. The van der Waals surface area contributed by atoms with Gasteiger partial charge in [-0.25, -0.2) is 0 Å². The third kappa shape index (κ3) is 6.10. The molecule has 0 fully saturated rings. The molecular formula is C11H17ClN2O. The van der Waals surface area contributed by atoms with Crippen LogP contribution in [0.3, 0.4) is 0 Å². The van der Waals surface area contributed by atoms with E-state index >= 15 is 0 Å². The number of rotatable bonds is 5. The van der Waals surface area contributed by atoms with Gasteiger partial charge in [-0.15, -0.1) is 12.4 Å². The number of nitrogens with two attached hydrogens (primary N) is 1. The number of hydrogen-bond donors (Lipinski definition) is 3. The Morgan fingerprint density at radius 2 is 1.93 bits per heavy atom. The highest BCUT2D eigenvalue weighted by Gasteiger charge is 2.05. The summed E-state index contributed by atoms with van der Waals surface area (Å²) in [6.07, 6.45) is 1.26. The molecule has 0 radical (unpaired) electrons. The van der Waals surface area contributed by atoms with Gasteiger partial charge in [0.1, 0.15) is 0 Å². The highest BCUT2D eigenvalue weighted by Crippen LogP contribution is 2.06. The van der Waals surface area contributed by atoms with Crippen molar-refractivity contribution in [2.24, 2.45) is 5.73 Å². The quantitative estimate of drug-likeness (QED) is 0.531. The second kappa shape index (κ2) is 7.26. The Labute approximate surface area is 96.2 Å². The highest BCUT2D eigenvalue weighted by molar-refractivity contribution is 5.85. The van der Waals surface area contributed by atoms with Crippen LogP contribution in [0.2, 0.25) is 0 Å². The van der Waals surface area contributed by atoms with E-state index in [-0.39, 0.29) is 18.2 Å². The molecule has 1 unspecified atom stereocenters. The number of aliphatic hydroxyl groups excluding tert-OH is 1. The fourth-order valence-electron chi connectivity index (χ4n) is 1.31. The van der Waals surface area contributed by atoms with Crippen LogP contribution in [-0.2, 0) is 6.42 Å². The van der Waals surface area contributed by atoms with E-state index in [1.165, 1.54) is 0 Å². The van der Waals surface area contributed by atoms with Crippen LogP contribution in [0, 0.1) is 5.41 Å². The number of nitrogens with one attached hydrogen (secondary N) is 1. The number of aliphatic hydroxyl groups is 1. The fraction of sp³-hybridized carbons (Fsp3) is 0.364. The van der Waals surface area contributed by atoms with Crippen molar-refractivity contribution < 1.29 is 5.11 Å². The molecule has 1 aromatic carbocycles. The predicted molar refractivity (Wildman–Crippen MR) is 64.5 cm³/mol. The maximum absolute atomic E-state index is 9.60. The van der Waals surface area contributed by atoms with Crippen molar-refractivity contribution in [3.8, 4) is 0 Å². The maximum Gasteiger partial charge on any atom is 0.0906 e. The second-order valence-electron chi connectivity index (χ2n) is 3.41. The summed E-state index contributed by atoms with van der Waals surface area (Å²) in [6, 6.07) is 9.82. The number of hydrogen-bond acceptors (Lipinski definition) is 2. The molecule has 0 aliphatic heterocycles. The van der Waals surface area contributed by atoms with Gasteiger partial charge in [-0.3, -0.25) is 5.41 Å². The van der Waals surface area contributed by atoms with E-state index in [1.807, 2.05) is 30.3 Å². The minimum absolute atomic E-state index is 0. The van der Waals surface area contributed by atoms with Crippen molar-refractivity contribution in [2.45, 2.75) is 25.4 Å². The van der Waals surface area contributed by atoms with Gasteiger partial charge in [0, 0.05) is 6.42 Å². The maximum atomic E-state index is 9.60. The molecule has 0 amide bonds. The summed E-state index contributed by atoms with van der Waals surface area (Å²) in [7, 11) is 0. The lowest BCUT2D eigenvalue weighted by Crippen LogP contribution is -2.16. The van der Waals surface area contributed by atoms with Crippen molar-refractivity contribution in [3.05, 3.63) is 35.9 Å². The van der Waals surface area contributed by atoms with Crippen molar-refractivity contribution in [3.63, 3.8) is 0 Å². The molecule has 0 aromatic heterocycles. The van der Waals surface area contributed by atoms with Crippen LogP contribution >= 0.6 is 12.4 Å². The largest absolute Gasteiger partial charge is 0.393 e. The number of benzene rings is 1. The lowest BCUT2D eigenvalue weighted by Gasteiger charge is -2.09. The molecule has 0 aliphatic carbocycles. The van der Waals surface area contributed by atoms with E-state index in [0.29, 0.717) is 19.3 Å². The Balaban J connectivity index is 0.00000196. The van der Waals surface area contributed by atoms with Gasteiger partial charge in [0.05, 0.1) is 11.9 Å². The second-order valence-corrected chi connectivity index (χ2v) is 3.41. The predicted octanol–water partition coefficient (Wildman–Crippen LogP) is 1.73. The molecule has 15 heavy (non-hydrogen) atoms. The zero-order valence-corrected chi connectivity index (χ0v) is 9.33. The van der Waals surface area contributed by atoms with Crippen LogP contribution in [0.1, 0.15) is 18.4 Å². The van der Waals surface area contributed by atoms with E-state index < -0.39 is 6.10 Å². The molecule has 4 heteroatoms. The lowest BCUT2D eigenvalue weighted by molar-refractivity contribution is 0.167. The first-order valence-electron chi connectivity index (χ1n) is 4.73. The van der Waals surface area contributed by atoms with Gasteiger partial charge >= 0.3 is 0 Å². The van der Waals surface area contributed by atoms with E-state index in [9.17, 15) is 5.11 Å². The van der Waals surface area contributed by atoms with E-state index in [2.05, 4.69) is 0 Å². The Hall–Kier alpha value is -1.06. The molecule has 1 atom stereocenters. The summed E-state index contributed by atoms with van der Waals surface area (Å²) < 4.78 is 0. The third-order valence-corrected chi connectivity index (χ3v) is 2.06. The van der Waals surface area contributed by atoms with Crippen LogP contribution in [-0.4, -0.2) is 17.0 Å². The van der Waals surface area contributed by atoms with Crippen LogP contribution < -0.4 is 5.73 Å². The van der Waals surface area contributed by atoms with Crippen LogP contribution in [0.4, 0.5) is 0 Å². The Morgan fingerprint density at radius 1 is 1.33 bits per heavy atom. The van der Waals surface area contributed by atoms with E-state index in [0.717, 1.165) is 5.56 Å². The van der Waals surface area contributed by atoms with Gasteiger partial charge in [-0.05, 0) is 18.4 Å². The van der Waals surface area contributed by atoms with Crippen molar-refractivity contribution >= 4 is 18.2 Å². The summed E-state index contributed by atoms with van der Waals surface area (Å²) >= 11 is 0. The van der Waals surface area contributed by atoms with Crippen molar-refractivity contribution in [1.82, 2.24) is 0 Å². The lowest BCUT2D eigenvalue weighted by atomic mass is 10.0. The SMILES string of the molecule is Cl.N=C(N)CCC(O)Cc1ccccc1. The number of halogens is 1. The Kier molecular flexibility index (Phi) is 6.75. The normalized spacial score (nSPS) is 11.5. The third-order valence-electron chi connectivity index (χ3n) is 2.06. The topological polar surface area (TPSA) is 70.1 Å². The highest BCUT2D eigenvalue weighted by atomic mass is 35.5. The van der Waals surface area contributed by atoms with Crippen molar-refractivity contribution in [2.75, 3.05) is 0 Å². The molecule has 0 heterocycles. The number of amidine groups is 1. The first kappa shape index (κ1) is 13.9. The molecule has 1 rings (SSSR count). The molecule has 0 spiro atoms. The van der Waals surface area contributed by atoms with E-state index in [1.54, 1.807) is 0 Å². The Bertz CT molecular complexity index is 290. The fourth-order valence-corrected chi connectivity index (χ4v) is 1.31. The average molecular weight is 229 g/mol. The van der Waals surface area contributed by atoms with E-state index in [4.69, 9.17) is 11.1 Å². The van der Waals surface area contributed by atoms with Gasteiger partial charge in [-0.1, -0.05) is 30.3 Å². The average Bonchev–Trinajstić information content (AvgIpc) is 2.16. The minimum Gasteiger partial charge on any atom is -0.393 e. The monoisotopic (exact) mass is 228 g/mol. The summed E-state index contributed by atoms with van der Waals surface area (Å²) in [5.41, 5.74) is 6.32. The molecule has 4 N–H and O–H groups in total. The molecular weight excluding hydrogens is 212 g/mol. The molecule has 0 bridgehead atoms. The van der Waals surface area contributed by atoms with Crippen LogP contribution in [0.25, 0.3) is 0 Å². The van der Waals surface area contributed by atoms with Gasteiger partial charge in [0.15, 0.2) is 0 Å². The van der Waals surface area contributed by atoms with Gasteiger partial charge < -0.3 is 10.8 Å². The molecule has 3 nitrogen and oxygen atoms in total. The van der Waals surface area contributed by atoms with Gasteiger partial charge in [-0.2, -0.15) is 0 Å². The summed E-state index contributed by atoms with van der Waals surface area (Å²) in [4.78, 5) is 0. The van der Waals surface area contributed by atoms with Gasteiger partial charge in [0.2, 0.25) is 0 Å². The standard InChI is InChI=1S/C11H16N2O.ClH/c12-11(13)7-6-10(14)8-9-4-2-1-3-5-9;/h1-5,10,14H,6-8H2,(H3,12,13);1H. The van der Waals surface area contributed by atoms with Crippen molar-refractivity contribution in [1.29, 1.82) is 5.41 Å². The first-order valence-corrected chi connectivity index (χ1v) is 4.73. The van der Waals surface area contributed by atoms with Crippen LogP contribution in [0.5, 0.6) is 0 Å². The summed E-state index contributed by atoms with van der Waals surface area (Å²) in [5, 5.41) is 16.6. The molecule has 1 aromatic rings.